The molecular weight excluding hydrogens is 236 g/mol. The Morgan fingerprint density at radius 1 is 1.26 bits per heavy atom. The van der Waals surface area contributed by atoms with Crippen molar-refractivity contribution in [1.82, 2.24) is 10.3 Å². The van der Waals surface area contributed by atoms with Crippen LogP contribution in [-0.4, -0.2) is 17.4 Å². The summed E-state index contributed by atoms with van der Waals surface area (Å²) in [6, 6.07) is 9.65. The maximum atomic E-state index is 12.1. The highest BCUT2D eigenvalue weighted by Gasteiger charge is 2.10. The van der Waals surface area contributed by atoms with E-state index in [2.05, 4.69) is 16.2 Å². The van der Waals surface area contributed by atoms with E-state index in [1.165, 1.54) is 0 Å². The molecule has 2 aromatic rings. The predicted octanol–water partition coefficient (Wildman–Crippen LogP) is 2.77. The molecule has 0 bridgehead atoms. The standard InChI is InChI=1S/C16H16N2O/c1-2-3-4-7-11-18-16(19)15-14-9-6-5-8-13(14)10-12-17-15/h1,5-6,8-10,12H,3-4,7,11H2,(H,18,19). The summed E-state index contributed by atoms with van der Waals surface area (Å²) in [6.07, 6.45) is 9.41. The fourth-order valence-electron chi connectivity index (χ4n) is 1.94. The molecule has 3 heteroatoms. The number of carbonyl (C=O) groups is 1. The second-order valence-electron chi connectivity index (χ2n) is 4.30. The van der Waals surface area contributed by atoms with Crippen LogP contribution in [0.2, 0.25) is 0 Å². The van der Waals surface area contributed by atoms with Gasteiger partial charge in [0, 0.05) is 24.5 Å². The molecular formula is C16H16N2O. The molecule has 1 aromatic carbocycles. The molecule has 3 nitrogen and oxygen atoms in total. The minimum Gasteiger partial charge on any atom is -0.351 e. The molecule has 19 heavy (non-hydrogen) atoms. The van der Waals surface area contributed by atoms with Crippen molar-refractivity contribution in [2.75, 3.05) is 6.54 Å². The summed E-state index contributed by atoms with van der Waals surface area (Å²) in [5.41, 5.74) is 0.482. The van der Waals surface area contributed by atoms with Crippen molar-refractivity contribution >= 4 is 16.7 Å². The minimum atomic E-state index is -0.127. The maximum Gasteiger partial charge on any atom is 0.270 e. The van der Waals surface area contributed by atoms with Crippen molar-refractivity contribution < 1.29 is 4.79 Å². The van der Waals surface area contributed by atoms with Crippen LogP contribution in [0.25, 0.3) is 10.8 Å². The zero-order valence-corrected chi connectivity index (χ0v) is 10.7. The summed E-state index contributed by atoms with van der Waals surface area (Å²) < 4.78 is 0. The van der Waals surface area contributed by atoms with Crippen LogP contribution in [0.15, 0.2) is 36.5 Å². The molecule has 96 valence electrons. The van der Waals surface area contributed by atoms with Crippen molar-refractivity contribution in [3.8, 4) is 12.3 Å². The average Bonchev–Trinajstić information content (AvgIpc) is 2.46. The minimum absolute atomic E-state index is 0.127. The van der Waals surface area contributed by atoms with Gasteiger partial charge in [-0.3, -0.25) is 9.78 Å². The molecule has 1 aromatic heterocycles. The van der Waals surface area contributed by atoms with Crippen molar-refractivity contribution in [1.29, 1.82) is 0 Å². The van der Waals surface area contributed by atoms with Crippen LogP contribution < -0.4 is 5.32 Å². The summed E-state index contributed by atoms with van der Waals surface area (Å²) in [7, 11) is 0. The van der Waals surface area contributed by atoms with E-state index in [0.717, 1.165) is 30.0 Å². The van der Waals surface area contributed by atoms with Crippen molar-refractivity contribution in [2.45, 2.75) is 19.3 Å². The quantitative estimate of drug-likeness (QED) is 0.656. The number of benzene rings is 1. The fraction of sp³-hybridized carbons (Fsp3) is 0.250. The lowest BCUT2D eigenvalue weighted by Gasteiger charge is -2.06. The highest BCUT2D eigenvalue weighted by Crippen LogP contribution is 2.15. The number of rotatable bonds is 5. The number of amides is 1. The van der Waals surface area contributed by atoms with Gasteiger partial charge in [-0.15, -0.1) is 12.3 Å². The molecule has 0 saturated carbocycles. The Kier molecular flexibility index (Phi) is 4.52. The Morgan fingerprint density at radius 2 is 2.11 bits per heavy atom. The van der Waals surface area contributed by atoms with E-state index >= 15 is 0 Å². The number of nitrogens with zero attached hydrogens (tertiary/aromatic N) is 1. The summed E-state index contributed by atoms with van der Waals surface area (Å²) in [4.78, 5) is 16.3. The molecule has 0 aliphatic carbocycles. The topological polar surface area (TPSA) is 42.0 Å². The highest BCUT2D eigenvalue weighted by molar-refractivity contribution is 6.05. The SMILES string of the molecule is C#CCCCCNC(=O)c1nccc2ccccc12. The van der Waals surface area contributed by atoms with Crippen LogP contribution in [0.1, 0.15) is 29.8 Å². The van der Waals surface area contributed by atoms with Gasteiger partial charge in [0.2, 0.25) is 0 Å². The summed E-state index contributed by atoms with van der Waals surface area (Å²) >= 11 is 0. The fourth-order valence-corrected chi connectivity index (χ4v) is 1.94. The van der Waals surface area contributed by atoms with Gasteiger partial charge in [-0.05, 0) is 24.3 Å². The lowest BCUT2D eigenvalue weighted by atomic mass is 10.1. The number of terminal acetylenes is 1. The molecule has 0 saturated heterocycles. The first-order valence-corrected chi connectivity index (χ1v) is 6.38. The number of hydrogen-bond donors (Lipinski definition) is 1. The van der Waals surface area contributed by atoms with Gasteiger partial charge in [0.25, 0.3) is 5.91 Å². The molecule has 0 aliphatic rings. The van der Waals surface area contributed by atoms with E-state index in [1.807, 2.05) is 30.3 Å². The Morgan fingerprint density at radius 3 is 2.95 bits per heavy atom. The Hall–Kier alpha value is -2.34. The van der Waals surface area contributed by atoms with Crippen LogP contribution >= 0.6 is 0 Å². The van der Waals surface area contributed by atoms with Crippen molar-refractivity contribution in [3.05, 3.63) is 42.2 Å². The third kappa shape index (κ3) is 3.32. The van der Waals surface area contributed by atoms with Crippen LogP contribution in [0, 0.1) is 12.3 Å². The molecule has 1 amide bonds. The van der Waals surface area contributed by atoms with Crippen LogP contribution in [0.5, 0.6) is 0 Å². The Bertz CT molecular complexity index is 608. The van der Waals surface area contributed by atoms with Gasteiger partial charge in [-0.25, -0.2) is 0 Å². The van der Waals surface area contributed by atoms with Gasteiger partial charge in [-0.1, -0.05) is 24.3 Å². The first-order valence-electron chi connectivity index (χ1n) is 6.38. The smallest absolute Gasteiger partial charge is 0.270 e. The molecule has 1 heterocycles. The molecule has 0 aliphatic heterocycles. The number of aromatic nitrogens is 1. The first kappa shape index (κ1) is 13.1. The van der Waals surface area contributed by atoms with Gasteiger partial charge < -0.3 is 5.32 Å². The highest BCUT2D eigenvalue weighted by atomic mass is 16.1. The van der Waals surface area contributed by atoms with Crippen molar-refractivity contribution in [3.63, 3.8) is 0 Å². The van der Waals surface area contributed by atoms with E-state index in [1.54, 1.807) is 6.20 Å². The van der Waals surface area contributed by atoms with Gasteiger partial charge in [0.1, 0.15) is 5.69 Å². The Balaban J connectivity index is 2.03. The van der Waals surface area contributed by atoms with Crippen LogP contribution in [0.4, 0.5) is 0 Å². The zero-order chi connectivity index (χ0) is 13.5. The van der Waals surface area contributed by atoms with Gasteiger partial charge in [0.15, 0.2) is 0 Å². The van der Waals surface area contributed by atoms with E-state index in [9.17, 15) is 4.79 Å². The van der Waals surface area contributed by atoms with E-state index in [0.29, 0.717) is 12.2 Å². The van der Waals surface area contributed by atoms with Gasteiger partial charge in [-0.2, -0.15) is 0 Å². The number of carbonyl (C=O) groups excluding carboxylic acids is 1. The van der Waals surface area contributed by atoms with Crippen molar-refractivity contribution in [2.24, 2.45) is 0 Å². The normalized spacial score (nSPS) is 10.1. The second-order valence-corrected chi connectivity index (χ2v) is 4.30. The molecule has 0 unspecified atom stereocenters. The third-order valence-corrected chi connectivity index (χ3v) is 2.92. The van der Waals surface area contributed by atoms with E-state index in [-0.39, 0.29) is 5.91 Å². The summed E-state index contributed by atoms with van der Waals surface area (Å²) in [5, 5.41) is 4.78. The predicted molar refractivity (Wildman–Crippen MR) is 76.8 cm³/mol. The molecule has 0 radical (unpaired) electrons. The number of unbranched alkanes of at least 4 members (excludes halogenated alkanes) is 2. The molecule has 2 rings (SSSR count). The molecule has 1 N–H and O–H groups in total. The van der Waals surface area contributed by atoms with Crippen LogP contribution in [0.3, 0.4) is 0 Å². The Labute approximate surface area is 113 Å². The van der Waals surface area contributed by atoms with Gasteiger partial charge >= 0.3 is 0 Å². The molecule has 0 spiro atoms. The number of pyridine rings is 1. The monoisotopic (exact) mass is 252 g/mol. The number of nitrogens with one attached hydrogen (secondary N) is 1. The number of fused-ring (bicyclic) bond motifs is 1. The zero-order valence-electron chi connectivity index (χ0n) is 10.7. The van der Waals surface area contributed by atoms with E-state index in [4.69, 9.17) is 6.42 Å². The lowest BCUT2D eigenvalue weighted by molar-refractivity contribution is 0.0950. The number of hydrogen-bond acceptors (Lipinski definition) is 2. The van der Waals surface area contributed by atoms with Crippen LogP contribution in [-0.2, 0) is 0 Å². The second kappa shape index (κ2) is 6.55. The maximum absolute atomic E-state index is 12.1. The molecule has 0 fully saturated rings. The summed E-state index contributed by atoms with van der Waals surface area (Å²) in [6.45, 7) is 0.630. The third-order valence-electron chi connectivity index (χ3n) is 2.92. The lowest BCUT2D eigenvalue weighted by Crippen LogP contribution is -2.25. The molecule has 0 atom stereocenters. The van der Waals surface area contributed by atoms with Gasteiger partial charge in [0.05, 0.1) is 0 Å². The first-order chi connectivity index (χ1) is 9.33. The largest absolute Gasteiger partial charge is 0.351 e. The van der Waals surface area contributed by atoms with E-state index < -0.39 is 0 Å². The summed E-state index contributed by atoms with van der Waals surface area (Å²) in [5.74, 6) is 2.46. The average molecular weight is 252 g/mol.